The number of fused-ring (bicyclic) bond motifs is 6. The zero-order valence-electron chi connectivity index (χ0n) is 34.6. The number of aromatic nitrogens is 2. The van der Waals surface area contributed by atoms with E-state index in [-0.39, 0.29) is 0 Å². The minimum atomic E-state index is -2.73. The van der Waals surface area contributed by atoms with Crippen molar-refractivity contribution in [3.05, 3.63) is 255 Å². The molecule has 0 unspecified atom stereocenters. The predicted octanol–water partition coefficient (Wildman–Crippen LogP) is 12.6. The van der Waals surface area contributed by atoms with Crippen LogP contribution < -0.4 is 20.7 Å². The Morgan fingerprint density at radius 2 is 0.587 bits per heavy atom. The molecule has 0 radical (unpaired) electrons. The van der Waals surface area contributed by atoms with E-state index < -0.39 is 8.07 Å². The van der Waals surface area contributed by atoms with E-state index in [2.05, 4.69) is 264 Å². The van der Waals surface area contributed by atoms with Crippen LogP contribution in [0.4, 0.5) is 0 Å². The largest absolute Gasteiger partial charge is 0.309 e. The first-order valence-electron chi connectivity index (χ1n) is 21.8. The normalized spacial score (nSPS) is 11.8. The molecule has 0 aliphatic carbocycles. The molecule has 0 saturated heterocycles. The predicted molar refractivity (Wildman–Crippen MR) is 270 cm³/mol. The van der Waals surface area contributed by atoms with Gasteiger partial charge in [-0.3, -0.25) is 0 Å². The fourth-order valence-corrected chi connectivity index (χ4v) is 15.0. The van der Waals surface area contributed by atoms with Gasteiger partial charge in [0.2, 0.25) is 0 Å². The van der Waals surface area contributed by atoms with Crippen molar-refractivity contribution in [2.24, 2.45) is 0 Å². The third kappa shape index (κ3) is 6.00. The Morgan fingerprint density at radius 3 is 1.10 bits per heavy atom. The van der Waals surface area contributed by atoms with E-state index in [1.807, 2.05) is 0 Å². The molecule has 2 heterocycles. The van der Waals surface area contributed by atoms with Gasteiger partial charge in [0.25, 0.3) is 0 Å². The van der Waals surface area contributed by atoms with Crippen molar-refractivity contribution in [1.82, 2.24) is 9.13 Å². The number of nitrogens with zero attached hydrogens (tertiary/aromatic N) is 2. The van der Waals surface area contributed by atoms with Crippen LogP contribution in [0, 0.1) is 0 Å². The Bertz CT molecular complexity index is 3510. The average Bonchev–Trinajstić information content (AvgIpc) is 3.88. The monoisotopic (exact) mass is 818 g/mol. The summed E-state index contributed by atoms with van der Waals surface area (Å²) in [7, 11) is -2.73. The van der Waals surface area contributed by atoms with Gasteiger partial charge in [-0.05, 0) is 104 Å². The Kier molecular flexibility index (Phi) is 8.87. The van der Waals surface area contributed by atoms with Crippen molar-refractivity contribution < 1.29 is 0 Å². The second-order valence-electron chi connectivity index (χ2n) is 16.5. The van der Waals surface area contributed by atoms with Crippen LogP contribution >= 0.6 is 0 Å². The maximum atomic E-state index is 2.47. The molecule has 0 aliphatic heterocycles. The van der Waals surface area contributed by atoms with Gasteiger partial charge in [0.05, 0.1) is 22.1 Å². The molecule has 0 atom stereocenters. The van der Waals surface area contributed by atoms with Gasteiger partial charge in [-0.15, -0.1) is 0 Å². The van der Waals surface area contributed by atoms with Gasteiger partial charge >= 0.3 is 0 Å². The molecule has 63 heavy (non-hydrogen) atoms. The van der Waals surface area contributed by atoms with E-state index >= 15 is 0 Å². The van der Waals surface area contributed by atoms with Crippen LogP contribution in [-0.2, 0) is 0 Å². The van der Waals surface area contributed by atoms with Crippen LogP contribution in [0.3, 0.4) is 0 Å². The maximum Gasteiger partial charge on any atom is 0.179 e. The summed E-state index contributed by atoms with van der Waals surface area (Å²) >= 11 is 0. The lowest BCUT2D eigenvalue weighted by Crippen LogP contribution is -2.74. The Labute approximate surface area is 368 Å². The minimum Gasteiger partial charge on any atom is -0.309 e. The van der Waals surface area contributed by atoms with Crippen molar-refractivity contribution in [3.8, 4) is 33.6 Å². The quantitative estimate of drug-likeness (QED) is 0.107. The fraction of sp³-hybridized carbons (Fsp3) is 0. The van der Waals surface area contributed by atoms with Gasteiger partial charge in [0.15, 0.2) is 8.07 Å². The Balaban J connectivity index is 1.01. The van der Waals surface area contributed by atoms with Gasteiger partial charge in [-0.25, -0.2) is 0 Å². The second-order valence-corrected chi connectivity index (χ2v) is 20.3. The molecule has 0 fully saturated rings. The number of rotatable bonds is 8. The summed E-state index contributed by atoms with van der Waals surface area (Å²) in [5, 5.41) is 10.4. The molecule has 0 spiro atoms. The Hall–Kier alpha value is -7.98. The van der Waals surface area contributed by atoms with E-state index in [4.69, 9.17) is 0 Å². The topological polar surface area (TPSA) is 9.86 Å². The zero-order chi connectivity index (χ0) is 41.7. The summed E-state index contributed by atoms with van der Waals surface area (Å²) < 4.78 is 4.88. The lowest BCUT2D eigenvalue weighted by molar-refractivity contribution is 1.18. The van der Waals surface area contributed by atoms with E-state index in [9.17, 15) is 0 Å². The molecule has 3 heteroatoms. The highest BCUT2D eigenvalue weighted by molar-refractivity contribution is 7.19. The maximum absolute atomic E-state index is 2.73. The van der Waals surface area contributed by atoms with Crippen molar-refractivity contribution >= 4 is 72.4 Å². The number of benzene rings is 10. The smallest absolute Gasteiger partial charge is 0.179 e. The van der Waals surface area contributed by atoms with Crippen LogP contribution in [0.25, 0.3) is 77.2 Å². The summed E-state index contributed by atoms with van der Waals surface area (Å²) in [6, 6.07) is 94.2. The number of hydrogen-bond donors (Lipinski definition) is 0. The molecule has 296 valence electrons. The molecule has 0 saturated carbocycles. The first-order chi connectivity index (χ1) is 31.3. The van der Waals surface area contributed by atoms with Gasteiger partial charge < -0.3 is 9.13 Å². The van der Waals surface area contributed by atoms with Crippen molar-refractivity contribution in [1.29, 1.82) is 0 Å². The highest BCUT2D eigenvalue weighted by Crippen LogP contribution is 2.38. The zero-order valence-corrected chi connectivity index (χ0v) is 35.6. The van der Waals surface area contributed by atoms with Crippen molar-refractivity contribution in [2.75, 3.05) is 0 Å². The molecule has 12 aromatic rings. The highest BCUT2D eigenvalue weighted by Gasteiger charge is 2.41. The summed E-state index contributed by atoms with van der Waals surface area (Å²) in [6.45, 7) is 0. The van der Waals surface area contributed by atoms with Crippen LogP contribution in [0.1, 0.15) is 0 Å². The standard InChI is InChI=1S/C60H42N2Si/c1-5-19-43(20-6-1)44-21-17-22-47(39-44)61-57-33-15-13-31-53(57)55-40-45(35-37-59(55)61)46-36-38-60-56(41-46)54-32-14-16-34-58(54)62(60)48-23-18-30-52(42-48)63(49-24-7-2-8-25-49,50-26-9-3-10-27-50)51-28-11-4-12-29-51/h1-42H. The lowest BCUT2D eigenvalue weighted by atomic mass is 10.0. The summed E-state index contributed by atoms with van der Waals surface area (Å²) in [5.74, 6) is 0. The fourth-order valence-electron chi connectivity index (χ4n) is 10.3. The first kappa shape index (κ1) is 36.8. The van der Waals surface area contributed by atoms with E-state index in [1.165, 1.54) is 86.6 Å². The molecule has 0 amide bonds. The molecule has 2 aromatic heterocycles. The van der Waals surface area contributed by atoms with Crippen LogP contribution in [-0.4, -0.2) is 17.2 Å². The molecule has 12 rings (SSSR count). The van der Waals surface area contributed by atoms with Gasteiger partial charge in [0.1, 0.15) is 0 Å². The third-order valence-corrected chi connectivity index (χ3v) is 17.8. The molecule has 10 aromatic carbocycles. The molecule has 2 nitrogen and oxygen atoms in total. The number of para-hydroxylation sites is 2. The van der Waals surface area contributed by atoms with Gasteiger partial charge in [-0.2, -0.15) is 0 Å². The van der Waals surface area contributed by atoms with Crippen LogP contribution in [0.2, 0.25) is 0 Å². The summed E-state index contributed by atoms with van der Waals surface area (Å²) in [5.41, 5.74) is 11.9. The molecular weight excluding hydrogens is 777 g/mol. The first-order valence-corrected chi connectivity index (χ1v) is 23.8. The minimum absolute atomic E-state index is 1.16. The van der Waals surface area contributed by atoms with E-state index in [0.717, 1.165) is 11.4 Å². The highest BCUT2D eigenvalue weighted by atomic mass is 28.3. The van der Waals surface area contributed by atoms with Crippen molar-refractivity contribution in [2.45, 2.75) is 0 Å². The summed E-state index contributed by atoms with van der Waals surface area (Å²) in [6.07, 6.45) is 0. The Morgan fingerprint density at radius 1 is 0.222 bits per heavy atom. The molecule has 0 aliphatic rings. The van der Waals surface area contributed by atoms with Gasteiger partial charge in [0, 0.05) is 32.9 Å². The van der Waals surface area contributed by atoms with E-state index in [1.54, 1.807) is 0 Å². The van der Waals surface area contributed by atoms with Crippen LogP contribution in [0.15, 0.2) is 255 Å². The molecule has 0 N–H and O–H groups in total. The van der Waals surface area contributed by atoms with Gasteiger partial charge in [-0.1, -0.05) is 194 Å². The third-order valence-electron chi connectivity index (χ3n) is 13.0. The summed E-state index contributed by atoms with van der Waals surface area (Å²) in [4.78, 5) is 0. The lowest BCUT2D eigenvalue weighted by Gasteiger charge is -2.34. The molecule has 0 bridgehead atoms. The van der Waals surface area contributed by atoms with Crippen LogP contribution in [0.5, 0.6) is 0 Å². The van der Waals surface area contributed by atoms with Crippen molar-refractivity contribution in [3.63, 3.8) is 0 Å². The van der Waals surface area contributed by atoms with E-state index in [0.29, 0.717) is 0 Å². The molecular formula is C60H42N2Si. The average molecular weight is 819 g/mol. The SMILES string of the molecule is c1ccc(-c2cccc(-n3c4ccccc4c4cc(-c5ccc6c(c5)c5ccccc5n6-c5cccc([Si](c6ccccc6)(c6ccccc6)c6ccccc6)c5)ccc43)c2)cc1. The second kappa shape index (κ2) is 15.2. The number of hydrogen-bond acceptors (Lipinski definition) is 0.